The van der Waals surface area contributed by atoms with E-state index >= 15 is 0 Å². The highest BCUT2D eigenvalue weighted by Gasteiger charge is 2.26. The van der Waals surface area contributed by atoms with Gasteiger partial charge in [-0.2, -0.15) is 0 Å². The molecule has 1 aliphatic rings. The van der Waals surface area contributed by atoms with E-state index in [0.717, 1.165) is 43.8 Å². The molecule has 28 heavy (non-hydrogen) atoms. The van der Waals surface area contributed by atoms with Crippen LogP contribution in [-0.4, -0.2) is 59.9 Å². The summed E-state index contributed by atoms with van der Waals surface area (Å²) in [6.07, 6.45) is 6.97. The Balaban J connectivity index is 1.74. The van der Waals surface area contributed by atoms with Crippen molar-refractivity contribution in [1.29, 1.82) is 0 Å². The number of hydrogen-bond donors (Lipinski definition) is 0. The molecule has 2 aromatic heterocycles. The quantitative estimate of drug-likeness (QED) is 0.603. The number of pyridine rings is 1. The minimum absolute atomic E-state index is 0.0577. The summed E-state index contributed by atoms with van der Waals surface area (Å²) in [7, 11) is -1.35. The molecule has 8 heteroatoms. The lowest BCUT2D eigenvalue weighted by molar-refractivity contribution is 0.0934. The van der Waals surface area contributed by atoms with Crippen LogP contribution >= 0.6 is 0 Å². The molecule has 3 heterocycles. The van der Waals surface area contributed by atoms with E-state index in [1.807, 2.05) is 36.7 Å². The molecule has 1 atom stereocenters. The summed E-state index contributed by atoms with van der Waals surface area (Å²) < 4.78 is 33.0. The summed E-state index contributed by atoms with van der Waals surface area (Å²) >= 11 is 0. The lowest BCUT2D eigenvalue weighted by Crippen LogP contribution is -2.26. The maximum Gasteiger partial charge on any atom is 0.227 e. The molecule has 7 nitrogen and oxygen atoms in total. The molecule has 0 N–H and O–H groups in total. The van der Waals surface area contributed by atoms with E-state index in [4.69, 9.17) is 4.74 Å². The normalized spacial score (nSPS) is 17.5. The maximum absolute atomic E-state index is 12.7. The van der Waals surface area contributed by atoms with Crippen molar-refractivity contribution in [3.8, 4) is 0 Å². The third-order valence-electron chi connectivity index (χ3n) is 4.97. The van der Waals surface area contributed by atoms with Crippen LogP contribution in [0.15, 0.2) is 35.7 Å². The molecule has 0 saturated carbocycles. The van der Waals surface area contributed by atoms with Crippen molar-refractivity contribution in [1.82, 2.24) is 19.4 Å². The van der Waals surface area contributed by atoms with Gasteiger partial charge in [0.1, 0.15) is 0 Å². The first kappa shape index (κ1) is 21.0. The Kier molecular flexibility index (Phi) is 7.20. The number of rotatable bonds is 10. The van der Waals surface area contributed by atoms with Crippen LogP contribution in [0.2, 0.25) is 0 Å². The van der Waals surface area contributed by atoms with Crippen molar-refractivity contribution in [2.45, 2.75) is 57.0 Å². The summed E-state index contributed by atoms with van der Waals surface area (Å²) in [5, 5.41) is 0.179. The molecule has 2 aromatic rings. The fraction of sp³-hybridized carbons (Fsp3) is 0.600. The number of sulfone groups is 1. The van der Waals surface area contributed by atoms with Gasteiger partial charge in [0.25, 0.3) is 0 Å². The molecule has 0 spiro atoms. The Labute approximate surface area is 167 Å². The van der Waals surface area contributed by atoms with Gasteiger partial charge in [-0.1, -0.05) is 13.0 Å². The molecule has 0 amide bonds. The van der Waals surface area contributed by atoms with E-state index in [0.29, 0.717) is 19.5 Å². The Morgan fingerprint density at radius 1 is 1.32 bits per heavy atom. The monoisotopic (exact) mass is 406 g/mol. The van der Waals surface area contributed by atoms with Crippen molar-refractivity contribution in [2.24, 2.45) is 0 Å². The molecule has 1 saturated heterocycles. The van der Waals surface area contributed by atoms with Gasteiger partial charge in [-0.25, -0.2) is 13.4 Å². The number of aromatic nitrogens is 3. The summed E-state index contributed by atoms with van der Waals surface area (Å²) in [4.78, 5) is 10.8. The fourth-order valence-corrected chi connectivity index (χ4v) is 4.98. The smallest absolute Gasteiger partial charge is 0.227 e. The van der Waals surface area contributed by atoms with Crippen LogP contribution in [0.4, 0.5) is 0 Å². The number of likely N-dealkylation sites (N-methyl/N-ethyl adjacent to an activating group) is 1. The average molecular weight is 407 g/mol. The number of hydrogen-bond acceptors (Lipinski definition) is 6. The minimum Gasteiger partial charge on any atom is -0.376 e. The van der Waals surface area contributed by atoms with Crippen molar-refractivity contribution in [3.05, 3.63) is 42.0 Å². The largest absolute Gasteiger partial charge is 0.376 e. The highest BCUT2D eigenvalue weighted by atomic mass is 32.2. The molecule has 154 valence electrons. The van der Waals surface area contributed by atoms with Crippen molar-refractivity contribution in [2.75, 3.05) is 26.0 Å². The van der Waals surface area contributed by atoms with Gasteiger partial charge in [-0.05, 0) is 38.4 Å². The zero-order chi connectivity index (χ0) is 20.0. The van der Waals surface area contributed by atoms with Gasteiger partial charge in [-0.3, -0.25) is 4.98 Å². The predicted octanol–water partition coefficient (Wildman–Crippen LogP) is 2.32. The Morgan fingerprint density at radius 2 is 2.18 bits per heavy atom. The summed E-state index contributed by atoms with van der Waals surface area (Å²) in [6.45, 7) is 4.63. The zero-order valence-corrected chi connectivity index (χ0v) is 17.6. The number of imidazole rings is 1. The van der Waals surface area contributed by atoms with Crippen molar-refractivity contribution in [3.63, 3.8) is 0 Å². The molecule has 1 fully saturated rings. The van der Waals surface area contributed by atoms with E-state index in [2.05, 4.69) is 14.9 Å². The second-order valence-electron chi connectivity index (χ2n) is 7.41. The number of ether oxygens (including phenoxy) is 1. The first-order valence-electron chi connectivity index (χ1n) is 9.97. The standard InChI is InChI=1S/C20H30N4O3S/c1-3-13-28(25,26)20-22-14-18(24(20)16-19-8-6-12-27-19)15-23(2)11-9-17-7-4-5-10-21-17/h4-5,7,10,14,19H,3,6,8-9,11-13,15-16H2,1-2H3. The Bertz CT molecular complexity index is 846. The zero-order valence-electron chi connectivity index (χ0n) is 16.7. The lowest BCUT2D eigenvalue weighted by atomic mass is 10.2. The van der Waals surface area contributed by atoms with Gasteiger partial charge in [0.05, 0.1) is 30.3 Å². The van der Waals surface area contributed by atoms with E-state index in [1.54, 1.807) is 12.4 Å². The second kappa shape index (κ2) is 9.62. The van der Waals surface area contributed by atoms with Gasteiger partial charge in [0.15, 0.2) is 0 Å². The first-order valence-corrected chi connectivity index (χ1v) is 11.6. The van der Waals surface area contributed by atoms with Crippen LogP contribution in [-0.2, 0) is 34.1 Å². The molecule has 0 aliphatic carbocycles. The van der Waals surface area contributed by atoms with E-state index in [-0.39, 0.29) is 17.0 Å². The minimum atomic E-state index is -3.39. The maximum atomic E-state index is 12.7. The van der Waals surface area contributed by atoms with Crippen LogP contribution in [0.1, 0.15) is 37.6 Å². The summed E-state index contributed by atoms with van der Waals surface area (Å²) in [5.74, 6) is 0.116. The highest BCUT2D eigenvalue weighted by Crippen LogP contribution is 2.21. The van der Waals surface area contributed by atoms with Gasteiger partial charge in [0, 0.05) is 38.0 Å². The average Bonchev–Trinajstić information content (AvgIpc) is 3.32. The molecule has 0 radical (unpaired) electrons. The molecular formula is C20H30N4O3S. The molecule has 3 rings (SSSR count). The fourth-order valence-electron chi connectivity index (χ4n) is 3.52. The Morgan fingerprint density at radius 3 is 2.86 bits per heavy atom. The van der Waals surface area contributed by atoms with E-state index in [9.17, 15) is 8.42 Å². The van der Waals surface area contributed by atoms with Gasteiger partial charge in [0.2, 0.25) is 15.0 Å². The van der Waals surface area contributed by atoms with Gasteiger partial charge < -0.3 is 14.2 Å². The van der Waals surface area contributed by atoms with Gasteiger partial charge >= 0.3 is 0 Å². The third kappa shape index (κ3) is 5.40. The van der Waals surface area contributed by atoms with E-state index in [1.165, 1.54) is 0 Å². The molecule has 1 unspecified atom stereocenters. The van der Waals surface area contributed by atoms with Crippen LogP contribution in [0.25, 0.3) is 0 Å². The van der Waals surface area contributed by atoms with Crippen LogP contribution in [0, 0.1) is 0 Å². The number of nitrogens with zero attached hydrogens (tertiary/aromatic N) is 4. The first-order chi connectivity index (χ1) is 13.5. The summed E-state index contributed by atoms with van der Waals surface area (Å²) in [5.41, 5.74) is 1.96. The molecule has 1 aliphatic heterocycles. The molecule has 0 bridgehead atoms. The highest BCUT2D eigenvalue weighted by molar-refractivity contribution is 7.91. The van der Waals surface area contributed by atoms with Crippen LogP contribution in [0.3, 0.4) is 0 Å². The van der Waals surface area contributed by atoms with Crippen molar-refractivity contribution < 1.29 is 13.2 Å². The second-order valence-corrected chi connectivity index (χ2v) is 9.41. The SMILES string of the molecule is CCCS(=O)(=O)c1ncc(CN(C)CCc2ccccn2)n1CC1CCCO1. The molecule has 0 aromatic carbocycles. The van der Waals surface area contributed by atoms with Crippen LogP contribution in [0.5, 0.6) is 0 Å². The topological polar surface area (TPSA) is 77.3 Å². The molecular weight excluding hydrogens is 376 g/mol. The van der Waals surface area contributed by atoms with E-state index < -0.39 is 9.84 Å². The van der Waals surface area contributed by atoms with Crippen molar-refractivity contribution >= 4 is 9.84 Å². The predicted molar refractivity (Wildman–Crippen MR) is 108 cm³/mol. The third-order valence-corrected chi connectivity index (χ3v) is 6.80. The van der Waals surface area contributed by atoms with Gasteiger partial charge in [-0.15, -0.1) is 0 Å². The summed E-state index contributed by atoms with van der Waals surface area (Å²) in [6, 6.07) is 5.92. The van der Waals surface area contributed by atoms with Crippen LogP contribution < -0.4 is 0 Å². The lowest BCUT2D eigenvalue weighted by Gasteiger charge is -2.20. The Hall–Kier alpha value is -1.77.